The number of benzene rings is 1. The van der Waals surface area contributed by atoms with Crippen LogP contribution in [-0.4, -0.2) is 40.7 Å². The molecule has 6 nitrogen and oxygen atoms in total. The van der Waals surface area contributed by atoms with Gasteiger partial charge in [-0.25, -0.2) is 4.79 Å². The number of carboxylic acids is 1. The third-order valence-electron chi connectivity index (χ3n) is 3.30. The molecule has 0 radical (unpaired) electrons. The van der Waals surface area contributed by atoms with Crippen molar-refractivity contribution in [1.82, 2.24) is 5.06 Å². The number of hydrogen-bond donors (Lipinski definition) is 2. The molecule has 108 valence electrons. The van der Waals surface area contributed by atoms with Crippen molar-refractivity contribution in [3.05, 3.63) is 35.9 Å². The number of carbonyl (C=O) groups is 2. The number of hydroxylamine groups is 2. The second kappa shape index (κ2) is 6.49. The van der Waals surface area contributed by atoms with Gasteiger partial charge in [0.1, 0.15) is 12.1 Å². The van der Waals surface area contributed by atoms with Crippen molar-refractivity contribution in [2.75, 3.05) is 6.54 Å². The van der Waals surface area contributed by atoms with E-state index < -0.39 is 24.0 Å². The van der Waals surface area contributed by atoms with Gasteiger partial charge in [-0.2, -0.15) is 0 Å². The molecule has 20 heavy (non-hydrogen) atoms. The fourth-order valence-corrected chi connectivity index (χ4v) is 2.23. The van der Waals surface area contributed by atoms with Crippen LogP contribution in [0.5, 0.6) is 0 Å². The lowest BCUT2D eigenvalue weighted by atomic mass is 10.1. The summed E-state index contributed by atoms with van der Waals surface area (Å²) >= 11 is 0. The molecular weight excluding hydrogens is 260 g/mol. The predicted molar refractivity (Wildman–Crippen MR) is 71.6 cm³/mol. The maximum atomic E-state index is 11.9. The van der Waals surface area contributed by atoms with E-state index >= 15 is 0 Å². The Morgan fingerprint density at radius 3 is 2.75 bits per heavy atom. The Bertz CT molecular complexity index is 477. The van der Waals surface area contributed by atoms with Gasteiger partial charge >= 0.3 is 11.9 Å². The van der Waals surface area contributed by atoms with Gasteiger partial charge in [-0.3, -0.25) is 4.79 Å². The minimum atomic E-state index is -0.980. The van der Waals surface area contributed by atoms with Crippen molar-refractivity contribution in [3.8, 4) is 0 Å². The lowest BCUT2D eigenvalue weighted by Crippen LogP contribution is -2.43. The number of rotatable bonds is 5. The number of carboxylic acid groups (broad SMARTS) is 1. The smallest absolute Gasteiger partial charge is 0.342 e. The summed E-state index contributed by atoms with van der Waals surface area (Å²) in [7, 11) is 0. The van der Waals surface area contributed by atoms with Crippen molar-refractivity contribution in [3.63, 3.8) is 0 Å². The van der Waals surface area contributed by atoms with Crippen LogP contribution in [0, 0.1) is 0 Å². The van der Waals surface area contributed by atoms with E-state index in [9.17, 15) is 9.59 Å². The third kappa shape index (κ3) is 3.55. The van der Waals surface area contributed by atoms with E-state index in [1.165, 1.54) is 5.06 Å². The molecule has 0 aliphatic carbocycles. The van der Waals surface area contributed by atoms with E-state index in [2.05, 4.69) is 0 Å². The van der Waals surface area contributed by atoms with Gasteiger partial charge in [0.05, 0.1) is 0 Å². The Hall–Kier alpha value is -1.92. The quantitative estimate of drug-likeness (QED) is 0.817. The summed E-state index contributed by atoms with van der Waals surface area (Å²) in [5.41, 5.74) is 6.74. The Morgan fingerprint density at radius 1 is 1.40 bits per heavy atom. The Morgan fingerprint density at radius 2 is 2.10 bits per heavy atom. The van der Waals surface area contributed by atoms with Crippen LogP contribution >= 0.6 is 0 Å². The van der Waals surface area contributed by atoms with E-state index in [4.69, 9.17) is 15.7 Å². The maximum Gasteiger partial charge on any atom is 0.342 e. The largest absolute Gasteiger partial charge is 0.480 e. The first-order valence-corrected chi connectivity index (χ1v) is 6.58. The number of nitrogens with zero attached hydrogens (tertiary/aromatic N) is 1. The lowest BCUT2D eigenvalue weighted by Gasteiger charge is -2.21. The molecule has 2 atom stereocenters. The van der Waals surface area contributed by atoms with E-state index in [1.54, 1.807) is 0 Å². The van der Waals surface area contributed by atoms with Crippen molar-refractivity contribution < 1.29 is 19.5 Å². The second-order valence-electron chi connectivity index (χ2n) is 4.84. The van der Waals surface area contributed by atoms with Gasteiger partial charge in [-0.15, -0.1) is 5.06 Å². The van der Waals surface area contributed by atoms with Gasteiger partial charge < -0.3 is 15.7 Å². The van der Waals surface area contributed by atoms with Crippen molar-refractivity contribution in [1.29, 1.82) is 0 Å². The topological polar surface area (TPSA) is 92.9 Å². The molecule has 1 aromatic rings. The number of carbonyl (C=O) groups excluding carboxylic acids is 1. The number of hydrogen-bond acceptors (Lipinski definition) is 5. The van der Waals surface area contributed by atoms with Crippen LogP contribution in [0.15, 0.2) is 30.3 Å². The lowest BCUT2D eigenvalue weighted by molar-refractivity contribution is -0.200. The van der Waals surface area contributed by atoms with Crippen LogP contribution in [0.25, 0.3) is 0 Å². The Kier molecular flexibility index (Phi) is 4.70. The highest BCUT2D eigenvalue weighted by atomic mass is 16.7. The van der Waals surface area contributed by atoms with Crippen LogP contribution in [-0.2, 0) is 20.8 Å². The van der Waals surface area contributed by atoms with Crippen LogP contribution in [0.4, 0.5) is 0 Å². The number of nitrogens with two attached hydrogens (primary N) is 1. The SMILES string of the molecule is N[C@@H](Cc1ccccc1)C(=O)ON1CCCC1C(=O)O. The van der Waals surface area contributed by atoms with Gasteiger partial charge in [0.15, 0.2) is 0 Å². The first kappa shape index (κ1) is 14.5. The zero-order valence-corrected chi connectivity index (χ0v) is 11.1. The average Bonchev–Trinajstić information content (AvgIpc) is 2.88. The van der Waals surface area contributed by atoms with Crippen molar-refractivity contribution >= 4 is 11.9 Å². The normalized spacial score (nSPS) is 20.6. The zero-order chi connectivity index (χ0) is 14.5. The summed E-state index contributed by atoms with van der Waals surface area (Å²) in [6.07, 6.45) is 1.54. The van der Waals surface area contributed by atoms with E-state index in [0.29, 0.717) is 25.8 Å². The summed E-state index contributed by atoms with van der Waals surface area (Å²) in [4.78, 5) is 28.0. The first-order valence-electron chi connectivity index (χ1n) is 6.58. The molecule has 3 N–H and O–H groups in total. The summed E-state index contributed by atoms with van der Waals surface area (Å²) in [6, 6.07) is 7.82. The van der Waals surface area contributed by atoms with Gasteiger partial charge in [0.2, 0.25) is 0 Å². The van der Waals surface area contributed by atoms with E-state index in [0.717, 1.165) is 5.56 Å². The minimum Gasteiger partial charge on any atom is -0.480 e. The van der Waals surface area contributed by atoms with E-state index in [-0.39, 0.29) is 0 Å². The first-order chi connectivity index (χ1) is 9.58. The Labute approximate surface area is 117 Å². The van der Waals surface area contributed by atoms with Crippen LogP contribution in [0.1, 0.15) is 18.4 Å². The highest BCUT2D eigenvalue weighted by Gasteiger charge is 2.34. The molecule has 6 heteroatoms. The van der Waals surface area contributed by atoms with Gasteiger partial charge in [0.25, 0.3) is 0 Å². The molecule has 0 bridgehead atoms. The average molecular weight is 278 g/mol. The molecule has 1 aromatic carbocycles. The van der Waals surface area contributed by atoms with Gasteiger partial charge in [0, 0.05) is 6.54 Å². The molecular formula is C14H18N2O4. The maximum absolute atomic E-state index is 11.9. The molecule has 1 aliphatic heterocycles. The van der Waals surface area contributed by atoms with Crippen LogP contribution < -0.4 is 5.73 Å². The summed E-state index contributed by atoms with van der Waals surface area (Å²) < 4.78 is 0. The molecule has 1 saturated heterocycles. The van der Waals surface area contributed by atoms with Crippen LogP contribution in [0.3, 0.4) is 0 Å². The molecule has 0 spiro atoms. The van der Waals surface area contributed by atoms with Gasteiger partial charge in [-0.05, 0) is 24.8 Å². The fraction of sp³-hybridized carbons (Fsp3) is 0.429. The van der Waals surface area contributed by atoms with Crippen LogP contribution in [0.2, 0.25) is 0 Å². The highest BCUT2D eigenvalue weighted by Crippen LogP contribution is 2.18. The summed E-state index contributed by atoms with van der Waals surface area (Å²) in [6.45, 7) is 0.431. The molecule has 2 rings (SSSR count). The predicted octanol–water partition coefficient (Wildman–Crippen LogP) is 0.564. The Balaban J connectivity index is 1.89. The molecule has 0 aromatic heterocycles. The molecule has 1 fully saturated rings. The molecule has 1 unspecified atom stereocenters. The van der Waals surface area contributed by atoms with Crippen molar-refractivity contribution in [2.24, 2.45) is 5.73 Å². The van der Waals surface area contributed by atoms with Gasteiger partial charge in [-0.1, -0.05) is 30.3 Å². The standard InChI is InChI=1S/C14H18N2O4/c15-11(9-10-5-2-1-3-6-10)14(19)20-16-8-4-7-12(16)13(17)18/h1-3,5-6,11-12H,4,7-9,15H2,(H,17,18)/t11-,12?/m0/s1. The third-order valence-corrected chi connectivity index (χ3v) is 3.30. The fourth-order valence-electron chi connectivity index (χ4n) is 2.23. The second-order valence-corrected chi connectivity index (χ2v) is 4.84. The number of aliphatic carboxylic acids is 1. The molecule has 1 heterocycles. The molecule has 0 amide bonds. The molecule has 0 saturated carbocycles. The highest BCUT2D eigenvalue weighted by molar-refractivity contribution is 5.77. The molecule has 1 aliphatic rings. The van der Waals surface area contributed by atoms with Crippen molar-refractivity contribution in [2.45, 2.75) is 31.3 Å². The summed E-state index contributed by atoms with van der Waals surface area (Å²) in [5, 5.41) is 10.2. The zero-order valence-electron chi connectivity index (χ0n) is 11.1. The monoisotopic (exact) mass is 278 g/mol. The minimum absolute atomic E-state index is 0.366. The summed E-state index contributed by atoms with van der Waals surface area (Å²) in [5.74, 6) is -1.58. The van der Waals surface area contributed by atoms with E-state index in [1.807, 2.05) is 30.3 Å².